The van der Waals surface area contributed by atoms with Crippen LogP contribution < -0.4 is 15.4 Å². The van der Waals surface area contributed by atoms with Crippen LogP contribution in [0.25, 0.3) is 0 Å². The predicted molar refractivity (Wildman–Crippen MR) is 106 cm³/mol. The van der Waals surface area contributed by atoms with Gasteiger partial charge in [0.2, 0.25) is 5.91 Å². The van der Waals surface area contributed by atoms with Gasteiger partial charge in [0.1, 0.15) is 5.75 Å². The molecule has 0 bridgehead atoms. The molecular formula is C19H21ClN2O4S. The highest BCUT2D eigenvalue weighted by Crippen LogP contribution is 2.32. The molecule has 0 saturated carbocycles. The number of rotatable bonds is 6. The Morgan fingerprint density at radius 1 is 1.22 bits per heavy atom. The lowest BCUT2D eigenvalue weighted by molar-refractivity contribution is -0.119. The first kappa shape index (κ1) is 19.5. The molecule has 0 aliphatic carbocycles. The maximum absolute atomic E-state index is 12.1. The Balaban J connectivity index is 1.62. The Bertz CT molecular complexity index is 929. The minimum absolute atomic E-state index is 0.00229. The van der Waals surface area contributed by atoms with Gasteiger partial charge in [-0.2, -0.15) is 0 Å². The fourth-order valence-corrected chi connectivity index (χ4v) is 4.67. The normalized spacial score (nSPS) is 18.1. The van der Waals surface area contributed by atoms with Crippen LogP contribution in [0.1, 0.15) is 12.0 Å². The van der Waals surface area contributed by atoms with Crippen LogP contribution in [0.2, 0.25) is 5.02 Å². The topological polar surface area (TPSA) is 84.5 Å². The van der Waals surface area contributed by atoms with E-state index in [0.29, 0.717) is 28.6 Å². The van der Waals surface area contributed by atoms with Gasteiger partial charge in [-0.1, -0.05) is 29.3 Å². The molecule has 27 heavy (non-hydrogen) atoms. The zero-order chi connectivity index (χ0) is 19.4. The van der Waals surface area contributed by atoms with Crippen molar-refractivity contribution in [1.82, 2.24) is 5.32 Å². The van der Waals surface area contributed by atoms with Gasteiger partial charge in [0.05, 0.1) is 23.7 Å². The molecule has 6 nitrogen and oxygen atoms in total. The number of hydrogen-bond acceptors (Lipinski definition) is 5. The molecule has 0 aromatic heterocycles. The number of amides is 1. The Hall–Kier alpha value is -2.25. The highest BCUT2D eigenvalue weighted by Gasteiger charge is 2.28. The van der Waals surface area contributed by atoms with Crippen molar-refractivity contribution in [3.63, 3.8) is 0 Å². The van der Waals surface area contributed by atoms with E-state index in [4.69, 9.17) is 16.3 Å². The van der Waals surface area contributed by atoms with Crippen LogP contribution in [0.4, 0.5) is 5.69 Å². The molecule has 1 aliphatic heterocycles. The molecule has 1 aliphatic rings. The molecule has 1 amide bonds. The monoisotopic (exact) mass is 408 g/mol. The maximum Gasteiger partial charge on any atom is 0.239 e. The molecule has 2 aromatic rings. The van der Waals surface area contributed by atoms with Crippen molar-refractivity contribution in [2.45, 2.75) is 19.4 Å². The number of sulfone groups is 1. The molecule has 1 atom stereocenters. The summed E-state index contributed by atoms with van der Waals surface area (Å²) in [6, 6.07) is 12.4. The molecule has 0 unspecified atom stereocenters. The molecule has 2 aromatic carbocycles. The van der Waals surface area contributed by atoms with E-state index in [1.54, 1.807) is 18.2 Å². The first-order valence-corrected chi connectivity index (χ1v) is 10.8. The lowest BCUT2D eigenvalue weighted by atomic mass is 10.2. The number of anilines is 1. The molecule has 144 valence electrons. The second-order valence-corrected chi connectivity index (χ2v) is 9.24. The van der Waals surface area contributed by atoms with E-state index in [2.05, 4.69) is 10.6 Å². The SMILES string of the molecule is Cc1ccc(Oc2ccc(Cl)cc2NCC(=O)N[C@H]2CCS(=O)(=O)C2)cc1. The standard InChI is InChI=1S/C19H21ClN2O4S/c1-13-2-5-16(6-3-13)26-18-7-4-14(20)10-17(18)21-11-19(23)22-15-8-9-27(24,25)12-15/h2-7,10,15,21H,8-9,11-12H2,1H3,(H,22,23)/t15-/m0/s1. The van der Waals surface area contributed by atoms with Gasteiger partial charge in [0.15, 0.2) is 15.6 Å². The van der Waals surface area contributed by atoms with Crippen molar-refractivity contribution < 1.29 is 17.9 Å². The van der Waals surface area contributed by atoms with E-state index in [9.17, 15) is 13.2 Å². The van der Waals surface area contributed by atoms with Crippen molar-refractivity contribution in [3.8, 4) is 11.5 Å². The number of benzene rings is 2. The van der Waals surface area contributed by atoms with Gasteiger partial charge in [0.25, 0.3) is 0 Å². The summed E-state index contributed by atoms with van der Waals surface area (Å²) in [4.78, 5) is 12.1. The Morgan fingerprint density at radius 3 is 2.63 bits per heavy atom. The Kier molecular flexibility index (Phi) is 5.92. The van der Waals surface area contributed by atoms with E-state index >= 15 is 0 Å². The molecule has 8 heteroatoms. The van der Waals surface area contributed by atoms with Crippen molar-refractivity contribution in [2.75, 3.05) is 23.4 Å². The van der Waals surface area contributed by atoms with Gasteiger partial charge >= 0.3 is 0 Å². The van der Waals surface area contributed by atoms with Gasteiger partial charge in [-0.25, -0.2) is 8.42 Å². The molecule has 1 fully saturated rings. The van der Waals surface area contributed by atoms with Crippen molar-refractivity contribution >= 4 is 33.0 Å². The Morgan fingerprint density at radius 2 is 1.96 bits per heavy atom. The van der Waals surface area contributed by atoms with Crippen molar-refractivity contribution in [2.24, 2.45) is 0 Å². The van der Waals surface area contributed by atoms with Crippen LogP contribution in [-0.2, 0) is 14.6 Å². The molecule has 1 saturated heterocycles. The molecule has 3 rings (SSSR count). The number of halogens is 1. The lowest BCUT2D eigenvalue weighted by Gasteiger charge is -2.15. The third-order valence-corrected chi connectivity index (χ3v) is 6.23. The zero-order valence-electron chi connectivity index (χ0n) is 14.9. The van der Waals surface area contributed by atoms with Gasteiger partial charge < -0.3 is 15.4 Å². The molecule has 2 N–H and O–H groups in total. The molecule has 0 spiro atoms. The van der Waals surface area contributed by atoms with E-state index < -0.39 is 9.84 Å². The average molecular weight is 409 g/mol. The summed E-state index contributed by atoms with van der Waals surface area (Å²) in [6.07, 6.45) is 0.451. The molecule has 1 heterocycles. The minimum atomic E-state index is -3.03. The van der Waals surface area contributed by atoms with Crippen molar-refractivity contribution in [1.29, 1.82) is 0 Å². The third-order valence-electron chi connectivity index (χ3n) is 4.23. The fourth-order valence-electron chi connectivity index (χ4n) is 2.83. The number of nitrogens with one attached hydrogen (secondary N) is 2. The van der Waals surface area contributed by atoms with Crippen LogP contribution in [0, 0.1) is 6.92 Å². The van der Waals surface area contributed by atoms with Gasteiger partial charge in [0, 0.05) is 11.1 Å². The highest BCUT2D eigenvalue weighted by molar-refractivity contribution is 7.91. The predicted octanol–water partition coefficient (Wildman–Crippen LogP) is 3.16. The summed E-state index contributed by atoms with van der Waals surface area (Å²) in [5.41, 5.74) is 1.71. The van der Waals surface area contributed by atoms with Crippen LogP contribution in [-0.4, -0.2) is 38.4 Å². The summed E-state index contributed by atoms with van der Waals surface area (Å²) >= 11 is 6.06. The van der Waals surface area contributed by atoms with E-state index in [1.165, 1.54) is 0 Å². The summed E-state index contributed by atoms with van der Waals surface area (Å²) in [6.45, 7) is 1.98. The number of ether oxygens (including phenoxy) is 1. The van der Waals surface area contributed by atoms with Crippen LogP contribution in [0.15, 0.2) is 42.5 Å². The van der Waals surface area contributed by atoms with E-state index in [0.717, 1.165) is 5.56 Å². The largest absolute Gasteiger partial charge is 0.455 e. The fraction of sp³-hybridized carbons (Fsp3) is 0.316. The summed E-state index contributed by atoms with van der Waals surface area (Å²) in [5, 5.41) is 6.26. The quantitative estimate of drug-likeness (QED) is 0.767. The van der Waals surface area contributed by atoms with Crippen LogP contribution in [0.3, 0.4) is 0 Å². The van der Waals surface area contributed by atoms with E-state index in [-0.39, 0.29) is 30.0 Å². The van der Waals surface area contributed by atoms with Crippen LogP contribution in [0.5, 0.6) is 11.5 Å². The van der Waals surface area contributed by atoms with E-state index in [1.807, 2.05) is 31.2 Å². The molecule has 0 radical (unpaired) electrons. The maximum atomic E-state index is 12.1. The minimum Gasteiger partial charge on any atom is -0.455 e. The lowest BCUT2D eigenvalue weighted by Crippen LogP contribution is -2.39. The van der Waals surface area contributed by atoms with Gasteiger partial charge in [-0.3, -0.25) is 4.79 Å². The first-order valence-electron chi connectivity index (χ1n) is 8.58. The number of hydrogen-bond donors (Lipinski definition) is 2. The first-order chi connectivity index (χ1) is 12.8. The van der Waals surface area contributed by atoms with Gasteiger partial charge in [-0.15, -0.1) is 0 Å². The summed E-state index contributed by atoms with van der Waals surface area (Å²) < 4.78 is 28.8. The smallest absolute Gasteiger partial charge is 0.239 e. The van der Waals surface area contributed by atoms with Gasteiger partial charge in [-0.05, 0) is 43.7 Å². The average Bonchev–Trinajstić information content (AvgIpc) is 2.95. The Labute approximate surface area is 163 Å². The summed E-state index contributed by atoms with van der Waals surface area (Å²) in [5.74, 6) is 1.05. The third kappa shape index (κ3) is 5.61. The second-order valence-electron chi connectivity index (χ2n) is 6.58. The summed E-state index contributed by atoms with van der Waals surface area (Å²) in [7, 11) is -3.03. The number of carbonyl (C=O) groups is 1. The number of carbonyl (C=O) groups excluding carboxylic acids is 1. The van der Waals surface area contributed by atoms with Crippen LogP contribution >= 0.6 is 11.6 Å². The zero-order valence-corrected chi connectivity index (χ0v) is 16.4. The highest BCUT2D eigenvalue weighted by atomic mass is 35.5. The molecular weight excluding hydrogens is 388 g/mol. The number of aryl methyl sites for hydroxylation is 1. The second kappa shape index (κ2) is 8.19. The van der Waals surface area contributed by atoms with Crippen molar-refractivity contribution in [3.05, 3.63) is 53.1 Å².